The van der Waals surface area contributed by atoms with Gasteiger partial charge in [-0.15, -0.1) is 0 Å². The molecule has 0 aromatic heterocycles. The van der Waals surface area contributed by atoms with Crippen molar-refractivity contribution in [2.75, 3.05) is 4.90 Å². The van der Waals surface area contributed by atoms with E-state index in [0.29, 0.717) is 0 Å². The average Bonchev–Trinajstić information content (AvgIpc) is 3.66. The summed E-state index contributed by atoms with van der Waals surface area (Å²) in [6.45, 7) is 10.1. The maximum Gasteiger partial charge on any atom is 0.0725 e. The van der Waals surface area contributed by atoms with Gasteiger partial charge in [-0.05, 0) is 117 Å². The second-order valence-corrected chi connectivity index (χ2v) is 15.7. The minimum Gasteiger partial charge on any atom is -0.334 e. The average molecular weight is 620 g/mol. The highest BCUT2D eigenvalue weighted by atomic mass is 15.3. The van der Waals surface area contributed by atoms with Crippen molar-refractivity contribution in [3.63, 3.8) is 0 Å². The zero-order chi connectivity index (χ0) is 32.5. The summed E-state index contributed by atoms with van der Waals surface area (Å²) in [5.41, 5.74) is 17.6. The molecule has 3 aliphatic carbocycles. The normalized spacial score (nSPS) is 23.2. The first-order valence-corrected chi connectivity index (χ1v) is 17.7. The van der Waals surface area contributed by atoms with Crippen LogP contribution >= 0.6 is 0 Å². The molecule has 2 unspecified atom stereocenters. The zero-order valence-corrected chi connectivity index (χ0v) is 28.3. The Bertz CT molecular complexity index is 2250. The lowest BCUT2D eigenvalue weighted by atomic mass is 9.51. The van der Waals surface area contributed by atoms with E-state index < -0.39 is 0 Å². The third kappa shape index (κ3) is 3.19. The third-order valence-corrected chi connectivity index (χ3v) is 13.5. The van der Waals surface area contributed by atoms with Crippen molar-refractivity contribution < 1.29 is 0 Å². The van der Waals surface area contributed by atoms with Gasteiger partial charge in [-0.25, -0.2) is 0 Å². The molecule has 0 N–H and O–H groups in total. The van der Waals surface area contributed by atoms with Crippen LogP contribution in [-0.4, -0.2) is 5.54 Å². The first kappa shape index (κ1) is 28.2. The second kappa shape index (κ2) is 9.38. The molecule has 1 spiro atoms. The number of hydrogen-bond donors (Lipinski definition) is 0. The monoisotopic (exact) mass is 619 g/mol. The fourth-order valence-electron chi connectivity index (χ4n) is 10.9. The highest BCUT2D eigenvalue weighted by molar-refractivity contribution is 5.96. The van der Waals surface area contributed by atoms with Gasteiger partial charge in [0.15, 0.2) is 0 Å². The molecule has 1 fully saturated rings. The van der Waals surface area contributed by atoms with E-state index in [0.717, 1.165) is 0 Å². The summed E-state index contributed by atoms with van der Waals surface area (Å²) in [5.74, 6) is 0. The van der Waals surface area contributed by atoms with Crippen molar-refractivity contribution in [2.45, 2.75) is 63.3 Å². The Morgan fingerprint density at radius 2 is 0.979 bits per heavy atom. The predicted molar refractivity (Wildman–Crippen MR) is 200 cm³/mol. The molecule has 0 amide bonds. The summed E-state index contributed by atoms with van der Waals surface area (Å²) in [4.78, 5) is 2.70. The number of rotatable bonds is 2. The van der Waals surface area contributed by atoms with E-state index in [1.807, 2.05) is 0 Å². The molecule has 48 heavy (non-hydrogen) atoms. The second-order valence-electron chi connectivity index (χ2n) is 15.7. The number of para-hydroxylation sites is 1. The van der Waals surface area contributed by atoms with Gasteiger partial charge in [-0.3, -0.25) is 0 Å². The first-order chi connectivity index (χ1) is 23.3. The molecule has 0 bridgehead atoms. The van der Waals surface area contributed by atoms with E-state index >= 15 is 0 Å². The Labute approximate surface area is 284 Å². The summed E-state index contributed by atoms with van der Waals surface area (Å²) in [7, 11) is 0. The third-order valence-electron chi connectivity index (χ3n) is 13.5. The molecular weight excluding hydrogens is 579 g/mol. The van der Waals surface area contributed by atoms with E-state index in [9.17, 15) is 0 Å². The summed E-state index contributed by atoms with van der Waals surface area (Å²) in [5, 5.41) is 0. The Hall–Kier alpha value is -4.88. The molecule has 0 saturated heterocycles. The molecule has 10 rings (SSSR count). The number of benzene rings is 6. The van der Waals surface area contributed by atoms with Gasteiger partial charge in [0, 0.05) is 16.8 Å². The molecule has 2 atom stereocenters. The van der Waals surface area contributed by atoms with Crippen LogP contribution in [0.25, 0.3) is 33.4 Å². The number of hydrogen-bond acceptors (Lipinski definition) is 1. The maximum absolute atomic E-state index is 2.70. The first-order valence-electron chi connectivity index (χ1n) is 17.7. The van der Waals surface area contributed by atoms with Crippen molar-refractivity contribution in [2.24, 2.45) is 5.41 Å². The maximum atomic E-state index is 2.70. The molecule has 4 aliphatic rings. The minimum atomic E-state index is -0.297. The van der Waals surface area contributed by atoms with Crippen LogP contribution in [0.4, 0.5) is 11.4 Å². The number of fused-ring (bicyclic) bond motifs is 13. The summed E-state index contributed by atoms with van der Waals surface area (Å²) >= 11 is 0. The topological polar surface area (TPSA) is 3.24 Å². The molecule has 1 nitrogen and oxygen atoms in total. The van der Waals surface area contributed by atoms with Crippen molar-refractivity contribution in [3.8, 4) is 33.4 Å². The summed E-state index contributed by atoms with van der Waals surface area (Å²) < 4.78 is 0. The van der Waals surface area contributed by atoms with Crippen molar-refractivity contribution in [1.82, 2.24) is 0 Å². The van der Waals surface area contributed by atoms with Crippen LogP contribution in [0.2, 0.25) is 0 Å². The largest absolute Gasteiger partial charge is 0.334 e. The summed E-state index contributed by atoms with van der Waals surface area (Å²) in [6, 6.07) is 53.1. The Kier molecular flexibility index (Phi) is 5.51. The smallest absolute Gasteiger partial charge is 0.0725 e. The number of anilines is 2. The quantitative estimate of drug-likeness (QED) is 0.186. The standard InChI is InChI=1S/C47H41N/c1-44(2)27-14-28-45(3)42-30-32(24-26-43(42)48(46(44,45)4)33-15-6-5-7-16-33)31-23-25-41-37(29-31)36-19-10-13-22-40(36)47(41)38-20-11-8-17-34(38)35-18-9-12-21-39(35)47/h5-13,15-26,29-30H,14,27-28H2,1-4H3. The van der Waals surface area contributed by atoms with E-state index in [1.54, 1.807) is 0 Å². The lowest BCUT2D eigenvalue weighted by Crippen LogP contribution is -2.64. The van der Waals surface area contributed by atoms with Crippen LogP contribution in [-0.2, 0) is 10.8 Å². The SMILES string of the molecule is CC1(C)CCCC2(C)c3cc(-c4ccc5c(c4)-c4ccccc4C54c5ccccc5-c5ccccc54)ccc3N(c3ccccc3)C12C. The highest BCUT2D eigenvalue weighted by Crippen LogP contribution is 2.67. The molecule has 1 heterocycles. The van der Waals surface area contributed by atoms with Crippen LogP contribution in [0.5, 0.6) is 0 Å². The molecule has 1 aliphatic heterocycles. The van der Waals surface area contributed by atoms with Gasteiger partial charge in [-0.1, -0.05) is 136 Å². The summed E-state index contributed by atoms with van der Waals surface area (Å²) in [6.07, 6.45) is 3.69. The fraction of sp³-hybridized carbons (Fsp3) is 0.234. The van der Waals surface area contributed by atoms with Gasteiger partial charge in [0.05, 0.1) is 11.0 Å². The van der Waals surface area contributed by atoms with Gasteiger partial charge in [-0.2, -0.15) is 0 Å². The molecule has 6 aromatic rings. The Balaban J connectivity index is 1.18. The minimum absolute atomic E-state index is 0.0284. The van der Waals surface area contributed by atoms with Crippen LogP contribution in [0.1, 0.15) is 74.8 Å². The van der Waals surface area contributed by atoms with Crippen LogP contribution < -0.4 is 4.90 Å². The van der Waals surface area contributed by atoms with Gasteiger partial charge in [0.25, 0.3) is 0 Å². The molecule has 1 saturated carbocycles. The lowest BCUT2D eigenvalue weighted by Gasteiger charge is -2.59. The zero-order valence-electron chi connectivity index (χ0n) is 28.3. The van der Waals surface area contributed by atoms with Crippen LogP contribution in [0.3, 0.4) is 0 Å². The van der Waals surface area contributed by atoms with E-state index in [1.165, 1.54) is 91.8 Å². The Morgan fingerprint density at radius 3 is 1.62 bits per heavy atom. The van der Waals surface area contributed by atoms with E-state index in [2.05, 4.69) is 172 Å². The van der Waals surface area contributed by atoms with Crippen LogP contribution in [0, 0.1) is 5.41 Å². The van der Waals surface area contributed by atoms with Crippen molar-refractivity contribution >= 4 is 11.4 Å². The van der Waals surface area contributed by atoms with Gasteiger partial charge >= 0.3 is 0 Å². The van der Waals surface area contributed by atoms with Gasteiger partial charge in [0.2, 0.25) is 0 Å². The molecular formula is C47H41N. The van der Waals surface area contributed by atoms with Crippen molar-refractivity contribution in [3.05, 3.63) is 167 Å². The van der Waals surface area contributed by atoms with Crippen LogP contribution in [0.15, 0.2) is 140 Å². The molecule has 234 valence electrons. The predicted octanol–water partition coefficient (Wildman–Crippen LogP) is 12.1. The highest BCUT2D eigenvalue weighted by Gasteiger charge is 2.64. The molecule has 1 heteroatoms. The Morgan fingerprint density at radius 1 is 0.458 bits per heavy atom. The van der Waals surface area contributed by atoms with E-state index in [-0.39, 0.29) is 21.8 Å². The molecule has 6 aromatic carbocycles. The van der Waals surface area contributed by atoms with E-state index in [4.69, 9.17) is 0 Å². The fourth-order valence-corrected chi connectivity index (χ4v) is 10.9. The van der Waals surface area contributed by atoms with Crippen molar-refractivity contribution in [1.29, 1.82) is 0 Å². The van der Waals surface area contributed by atoms with Gasteiger partial charge < -0.3 is 4.90 Å². The molecule has 0 radical (unpaired) electrons. The van der Waals surface area contributed by atoms with Gasteiger partial charge in [0.1, 0.15) is 0 Å². The number of nitrogens with zero attached hydrogens (tertiary/aromatic N) is 1. The lowest BCUT2D eigenvalue weighted by molar-refractivity contribution is 0.0484.